The number of ether oxygens (including phenoxy) is 1. The summed E-state index contributed by atoms with van der Waals surface area (Å²) in [7, 11) is 0. The van der Waals surface area contributed by atoms with E-state index < -0.39 is 41.5 Å². The summed E-state index contributed by atoms with van der Waals surface area (Å²) in [6.45, 7) is 6.32. The summed E-state index contributed by atoms with van der Waals surface area (Å²) in [5.74, 6) is -1.52. The Kier molecular flexibility index (Phi) is 8.86. The molecule has 2 atom stereocenters. The first-order valence-corrected chi connectivity index (χ1v) is 11.1. The highest BCUT2D eigenvalue weighted by atomic mass is 35.5. The number of alkyl carbamates (subject to hydrolysis) is 1. The number of benzene rings is 2. The topological polar surface area (TPSA) is 95.9 Å². The van der Waals surface area contributed by atoms with Crippen LogP contribution in [0.5, 0.6) is 0 Å². The summed E-state index contributed by atoms with van der Waals surface area (Å²) in [4.78, 5) is 24.3. The molecular formula is C25H31ClFNO5. The van der Waals surface area contributed by atoms with E-state index >= 15 is 0 Å². The number of rotatable bonds is 9. The molecule has 0 heterocycles. The van der Waals surface area contributed by atoms with Gasteiger partial charge in [-0.25, -0.2) is 9.18 Å². The van der Waals surface area contributed by atoms with E-state index in [1.807, 2.05) is 0 Å². The van der Waals surface area contributed by atoms with E-state index in [0.717, 1.165) is 5.56 Å². The van der Waals surface area contributed by atoms with Crippen molar-refractivity contribution in [2.24, 2.45) is 5.41 Å². The van der Waals surface area contributed by atoms with Crippen LogP contribution >= 0.6 is 11.6 Å². The number of aliphatic hydroxyl groups excluding tert-OH is 1. The number of nitrogens with one attached hydrogen (secondary N) is 1. The molecule has 2 rings (SSSR count). The van der Waals surface area contributed by atoms with Crippen LogP contribution in [0.4, 0.5) is 9.18 Å². The summed E-state index contributed by atoms with van der Waals surface area (Å²) in [5, 5.41) is 22.7. The van der Waals surface area contributed by atoms with Crippen molar-refractivity contribution >= 4 is 23.7 Å². The van der Waals surface area contributed by atoms with Gasteiger partial charge in [0.25, 0.3) is 0 Å². The molecule has 2 aromatic carbocycles. The van der Waals surface area contributed by atoms with E-state index in [-0.39, 0.29) is 12.8 Å². The molecule has 6 nitrogen and oxygen atoms in total. The van der Waals surface area contributed by atoms with Gasteiger partial charge < -0.3 is 20.3 Å². The highest BCUT2D eigenvalue weighted by molar-refractivity contribution is 6.30. The van der Waals surface area contributed by atoms with Crippen molar-refractivity contribution in [3.8, 4) is 11.1 Å². The number of carboxylic acid groups (broad SMARTS) is 1. The monoisotopic (exact) mass is 479 g/mol. The lowest BCUT2D eigenvalue weighted by atomic mass is 9.78. The molecular weight excluding hydrogens is 449 g/mol. The summed E-state index contributed by atoms with van der Waals surface area (Å²) in [6.07, 6.45) is -0.164. The second-order valence-electron chi connectivity index (χ2n) is 9.17. The Balaban J connectivity index is 2.28. The van der Waals surface area contributed by atoms with E-state index in [1.54, 1.807) is 58.0 Å². The Hall–Kier alpha value is -2.64. The maximum atomic E-state index is 14.2. The molecule has 2 aromatic rings. The van der Waals surface area contributed by atoms with Crippen LogP contribution in [0.2, 0.25) is 5.02 Å². The van der Waals surface area contributed by atoms with Crippen molar-refractivity contribution in [1.82, 2.24) is 5.32 Å². The zero-order chi connectivity index (χ0) is 24.8. The zero-order valence-electron chi connectivity index (χ0n) is 19.3. The van der Waals surface area contributed by atoms with Gasteiger partial charge in [0.1, 0.15) is 11.4 Å². The molecule has 0 bridgehead atoms. The first-order valence-electron chi connectivity index (χ1n) is 10.8. The fraction of sp³-hybridized carbons (Fsp3) is 0.440. The fourth-order valence-electron chi connectivity index (χ4n) is 3.57. The number of hydrogen-bond donors (Lipinski definition) is 3. The molecule has 0 aromatic heterocycles. The average molecular weight is 480 g/mol. The van der Waals surface area contributed by atoms with Gasteiger partial charge in [-0.1, -0.05) is 42.8 Å². The second-order valence-corrected chi connectivity index (χ2v) is 9.61. The van der Waals surface area contributed by atoms with Crippen molar-refractivity contribution in [2.75, 3.05) is 6.61 Å². The predicted octanol–water partition coefficient (Wildman–Crippen LogP) is 5.45. The van der Waals surface area contributed by atoms with Gasteiger partial charge in [-0.2, -0.15) is 0 Å². The third kappa shape index (κ3) is 7.44. The Morgan fingerprint density at radius 2 is 1.79 bits per heavy atom. The number of hydrogen-bond acceptors (Lipinski definition) is 4. The van der Waals surface area contributed by atoms with Crippen LogP contribution in [0.1, 0.15) is 46.1 Å². The molecule has 8 heteroatoms. The van der Waals surface area contributed by atoms with E-state index in [1.165, 1.54) is 12.1 Å². The maximum Gasteiger partial charge on any atom is 0.407 e. The van der Waals surface area contributed by atoms with Crippen LogP contribution < -0.4 is 5.32 Å². The van der Waals surface area contributed by atoms with Crippen molar-refractivity contribution < 1.29 is 28.9 Å². The van der Waals surface area contributed by atoms with E-state index in [0.29, 0.717) is 22.6 Å². The minimum absolute atomic E-state index is 0.0131. The van der Waals surface area contributed by atoms with Gasteiger partial charge in [0.2, 0.25) is 0 Å². The first-order chi connectivity index (χ1) is 15.4. The molecule has 0 saturated carbocycles. The normalized spacial score (nSPS) is 14.3. The van der Waals surface area contributed by atoms with Crippen LogP contribution in [0.15, 0.2) is 42.5 Å². The molecule has 0 radical (unpaired) electrons. The number of carbonyl (C=O) groups is 2. The highest BCUT2D eigenvalue weighted by Crippen LogP contribution is 2.30. The highest BCUT2D eigenvalue weighted by Gasteiger charge is 2.39. The Bertz CT molecular complexity index is 968. The fourth-order valence-corrected chi connectivity index (χ4v) is 3.74. The van der Waals surface area contributed by atoms with Crippen LogP contribution in [-0.4, -0.2) is 40.5 Å². The lowest BCUT2D eigenvalue weighted by molar-refractivity contribution is -0.153. The van der Waals surface area contributed by atoms with E-state index in [4.69, 9.17) is 16.3 Å². The SMILES string of the molecule is CCC(CO)(C[C@@H](Cc1ccc(-c2cc(Cl)ccc2F)cc1)NC(=O)OC(C)(C)C)C(=O)O. The van der Waals surface area contributed by atoms with Crippen molar-refractivity contribution in [3.05, 3.63) is 58.9 Å². The van der Waals surface area contributed by atoms with Crippen LogP contribution in [0.3, 0.4) is 0 Å². The quantitative estimate of drug-likeness (QED) is 0.444. The third-order valence-electron chi connectivity index (χ3n) is 5.47. The largest absolute Gasteiger partial charge is 0.481 e. The van der Waals surface area contributed by atoms with Crippen LogP contribution in [-0.2, 0) is 16.0 Å². The minimum atomic E-state index is -1.40. The lowest BCUT2D eigenvalue weighted by Crippen LogP contribution is -2.46. The molecule has 0 fully saturated rings. The lowest BCUT2D eigenvalue weighted by Gasteiger charge is -2.31. The number of carbonyl (C=O) groups excluding carboxylic acids is 1. The molecule has 0 spiro atoms. The molecule has 33 heavy (non-hydrogen) atoms. The average Bonchev–Trinajstić information content (AvgIpc) is 2.72. The van der Waals surface area contributed by atoms with Crippen LogP contribution in [0, 0.1) is 11.2 Å². The van der Waals surface area contributed by atoms with Gasteiger partial charge in [0, 0.05) is 16.6 Å². The zero-order valence-corrected chi connectivity index (χ0v) is 20.1. The van der Waals surface area contributed by atoms with E-state index in [9.17, 15) is 24.2 Å². The minimum Gasteiger partial charge on any atom is -0.481 e. The van der Waals surface area contributed by atoms with Gasteiger partial charge in [0.05, 0.1) is 12.0 Å². The van der Waals surface area contributed by atoms with Gasteiger partial charge in [0.15, 0.2) is 0 Å². The molecule has 1 unspecified atom stereocenters. The summed E-state index contributed by atoms with van der Waals surface area (Å²) < 4.78 is 19.5. The number of aliphatic carboxylic acids is 1. The Labute approximate surface area is 198 Å². The summed E-state index contributed by atoms with van der Waals surface area (Å²) >= 11 is 5.99. The van der Waals surface area contributed by atoms with Crippen molar-refractivity contribution in [3.63, 3.8) is 0 Å². The molecule has 180 valence electrons. The molecule has 0 aliphatic rings. The summed E-state index contributed by atoms with van der Waals surface area (Å²) in [5.41, 5.74) is -0.310. The van der Waals surface area contributed by atoms with E-state index in [2.05, 4.69) is 5.32 Å². The van der Waals surface area contributed by atoms with Crippen LogP contribution in [0.25, 0.3) is 11.1 Å². The smallest absolute Gasteiger partial charge is 0.407 e. The van der Waals surface area contributed by atoms with Gasteiger partial charge in [-0.05, 0) is 69.4 Å². The molecule has 0 aliphatic heterocycles. The molecule has 0 aliphatic carbocycles. The maximum absolute atomic E-state index is 14.2. The second kappa shape index (κ2) is 11.0. The molecule has 3 N–H and O–H groups in total. The standard InChI is InChI=1S/C25H31ClFNO5/c1-5-25(15-29,22(30)31)14-19(28-23(32)33-24(2,3)4)12-16-6-8-17(9-7-16)20-13-18(26)10-11-21(20)27/h6-11,13,19,29H,5,12,14-15H2,1-4H3,(H,28,32)(H,30,31)/t19-,25?/m1/s1. The van der Waals surface area contributed by atoms with Gasteiger partial charge in [-0.15, -0.1) is 0 Å². The van der Waals surface area contributed by atoms with Gasteiger partial charge in [-0.3, -0.25) is 4.79 Å². The van der Waals surface area contributed by atoms with Crippen molar-refractivity contribution in [1.29, 1.82) is 0 Å². The van der Waals surface area contributed by atoms with Gasteiger partial charge >= 0.3 is 12.1 Å². The number of amides is 1. The number of halogens is 2. The molecule has 0 saturated heterocycles. The molecule has 1 amide bonds. The summed E-state index contributed by atoms with van der Waals surface area (Å²) in [6, 6.07) is 10.8. The Morgan fingerprint density at radius 1 is 1.15 bits per heavy atom. The third-order valence-corrected chi connectivity index (χ3v) is 5.70. The van der Waals surface area contributed by atoms with Crippen molar-refractivity contribution in [2.45, 2.75) is 58.6 Å². The first kappa shape index (κ1) is 26.6. The Morgan fingerprint density at radius 3 is 2.30 bits per heavy atom. The number of carboxylic acids is 1. The predicted molar refractivity (Wildman–Crippen MR) is 126 cm³/mol. The number of aliphatic hydroxyl groups is 1.